The minimum Gasteiger partial charge on any atom is -0.392 e. The Morgan fingerprint density at radius 2 is 2.05 bits per heavy atom. The van der Waals surface area contributed by atoms with Gasteiger partial charge >= 0.3 is 0 Å². The van der Waals surface area contributed by atoms with Crippen LogP contribution in [0.2, 0.25) is 0 Å². The average Bonchev–Trinajstić information content (AvgIpc) is 2.83. The number of aromatic nitrogens is 2. The van der Waals surface area contributed by atoms with Crippen molar-refractivity contribution in [3.63, 3.8) is 0 Å². The molecule has 3 atom stereocenters. The molecular formula is C15H25BrN2OS2. The van der Waals surface area contributed by atoms with E-state index in [1.807, 2.05) is 28.2 Å². The first kappa shape index (κ1) is 17.7. The fourth-order valence-electron chi connectivity index (χ4n) is 2.82. The Balaban J connectivity index is 2.14. The molecule has 0 radical (unpaired) electrons. The number of nitrogens with zero attached hydrogens (tertiary/aromatic N) is 2. The van der Waals surface area contributed by atoms with Gasteiger partial charge < -0.3 is 5.11 Å². The summed E-state index contributed by atoms with van der Waals surface area (Å²) in [5, 5.41) is 16.3. The standard InChI is InChI=1S/C15H25BrN2OS2/c1-4-10-14(16)11(18(6-3)17-10)9-12(19)15-13(5-2)20-7-8-21-15/h12-13,15,19H,4-9H2,1-3H3. The molecule has 1 saturated heterocycles. The molecule has 1 aromatic rings. The molecular weight excluding hydrogens is 368 g/mol. The molecule has 1 N–H and O–H groups in total. The quantitative estimate of drug-likeness (QED) is 0.799. The number of hydrogen-bond acceptors (Lipinski definition) is 4. The highest BCUT2D eigenvalue weighted by Crippen LogP contribution is 2.36. The van der Waals surface area contributed by atoms with Crippen LogP contribution in [0, 0.1) is 0 Å². The zero-order valence-electron chi connectivity index (χ0n) is 13.0. The van der Waals surface area contributed by atoms with Gasteiger partial charge in [0.05, 0.1) is 22.0 Å². The summed E-state index contributed by atoms with van der Waals surface area (Å²) >= 11 is 7.64. The van der Waals surface area contributed by atoms with Crippen molar-refractivity contribution in [3.8, 4) is 0 Å². The highest BCUT2D eigenvalue weighted by atomic mass is 79.9. The highest BCUT2D eigenvalue weighted by Gasteiger charge is 2.32. The van der Waals surface area contributed by atoms with Gasteiger partial charge in [0.2, 0.25) is 0 Å². The zero-order valence-corrected chi connectivity index (χ0v) is 16.2. The van der Waals surface area contributed by atoms with E-state index in [1.165, 1.54) is 5.75 Å². The van der Waals surface area contributed by atoms with E-state index < -0.39 is 0 Å². The number of rotatable bonds is 6. The fourth-order valence-corrected chi connectivity index (χ4v) is 6.70. The van der Waals surface area contributed by atoms with E-state index in [4.69, 9.17) is 0 Å². The van der Waals surface area contributed by atoms with Gasteiger partial charge in [-0.1, -0.05) is 13.8 Å². The number of aliphatic hydroxyl groups is 1. The van der Waals surface area contributed by atoms with Gasteiger partial charge in [0.15, 0.2) is 0 Å². The summed E-state index contributed by atoms with van der Waals surface area (Å²) in [7, 11) is 0. The van der Waals surface area contributed by atoms with E-state index in [2.05, 4.69) is 41.8 Å². The molecule has 6 heteroatoms. The first-order valence-electron chi connectivity index (χ1n) is 7.77. The molecule has 0 bridgehead atoms. The van der Waals surface area contributed by atoms with E-state index in [9.17, 15) is 5.11 Å². The monoisotopic (exact) mass is 392 g/mol. The summed E-state index contributed by atoms with van der Waals surface area (Å²) in [4.78, 5) is 0. The lowest BCUT2D eigenvalue weighted by atomic mass is 10.1. The average molecular weight is 393 g/mol. The lowest BCUT2D eigenvalue weighted by molar-refractivity contribution is 0.166. The van der Waals surface area contributed by atoms with Gasteiger partial charge in [0.25, 0.3) is 0 Å². The first-order valence-corrected chi connectivity index (χ1v) is 10.7. The molecule has 21 heavy (non-hydrogen) atoms. The van der Waals surface area contributed by atoms with Crippen molar-refractivity contribution < 1.29 is 5.11 Å². The number of hydrogen-bond donors (Lipinski definition) is 1. The maximum atomic E-state index is 10.8. The SMILES string of the molecule is CCc1nn(CC)c(CC(O)C2SCCSC2CC)c1Br. The van der Waals surface area contributed by atoms with Crippen molar-refractivity contribution in [2.45, 2.75) is 63.2 Å². The molecule has 2 heterocycles. The molecule has 1 aliphatic heterocycles. The molecule has 1 aliphatic rings. The van der Waals surface area contributed by atoms with Crippen molar-refractivity contribution in [2.24, 2.45) is 0 Å². The molecule has 2 rings (SSSR count). The van der Waals surface area contributed by atoms with Gasteiger partial charge in [-0.25, -0.2) is 0 Å². The zero-order chi connectivity index (χ0) is 15.4. The Morgan fingerprint density at radius 3 is 2.67 bits per heavy atom. The molecule has 3 nitrogen and oxygen atoms in total. The Bertz CT molecular complexity index is 467. The first-order chi connectivity index (χ1) is 10.1. The van der Waals surface area contributed by atoms with Gasteiger partial charge in [0.1, 0.15) is 0 Å². The van der Waals surface area contributed by atoms with Crippen molar-refractivity contribution in [1.82, 2.24) is 9.78 Å². The molecule has 0 amide bonds. The van der Waals surface area contributed by atoms with E-state index in [0.717, 1.165) is 41.0 Å². The van der Waals surface area contributed by atoms with Crippen molar-refractivity contribution >= 4 is 39.5 Å². The van der Waals surface area contributed by atoms with Crippen LogP contribution in [0.25, 0.3) is 0 Å². The van der Waals surface area contributed by atoms with Crippen molar-refractivity contribution in [1.29, 1.82) is 0 Å². The Kier molecular flexibility index (Phi) is 6.97. The van der Waals surface area contributed by atoms with E-state index in [-0.39, 0.29) is 6.10 Å². The van der Waals surface area contributed by atoms with Crippen LogP contribution >= 0.6 is 39.5 Å². The van der Waals surface area contributed by atoms with Crippen LogP contribution < -0.4 is 0 Å². The minimum atomic E-state index is -0.296. The molecule has 120 valence electrons. The number of aliphatic hydroxyl groups excluding tert-OH is 1. The molecule has 1 fully saturated rings. The fraction of sp³-hybridized carbons (Fsp3) is 0.800. The topological polar surface area (TPSA) is 38.0 Å². The largest absolute Gasteiger partial charge is 0.392 e. The summed E-state index contributed by atoms with van der Waals surface area (Å²) in [6.45, 7) is 7.30. The summed E-state index contributed by atoms with van der Waals surface area (Å²) in [6, 6.07) is 0. The van der Waals surface area contributed by atoms with Crippen LogP contribution in [0.15, 0.2) is 4.47 Å². The van der Waals surface area contributed by atoms with Crippen LogP contribution in [0.1, 0.15) is 38.6 Å². The maximum absolute atomic E-state index is 10.8. The Hall–Kier alpha value is 0.350. The third-order valence-corrected chi connectivity index (χ3v) is 8.28. The lowest BCUT2D eigenvalue weighted by Crippen LogP contribution is -2.37. The second-order valence-electron chi connectivity index (χ2n) is 5.30. The third kappa shape index (κ3) is 4.01. The third-order valence-electron chi connectivity index (χ3n) is 3.97. The summed E-state index contributed by atoms with van der Waals surface area (Å²) in [6.07, 6.45) is 2.45. The smallest absolute Gasteiger partial charge is 0.0766 e. The highest BCUT2D eigenvalue weighted by molar-refractivity contribution is 9.10. The molecule has 0 spiro atoms. The van der Waals surface area contributed by atoms with Gasteiger partial charge in [-0.2, -0.15) is 28.6 Å². The minimum absolute atomic E-state index is 0.296. The number of thioether (sulfide) groups is 2. The molecule has 0 saturated carbocycles. The lowest BCUT2D eigenvalue weighted by Gasteiger charge is -2.33. The van der Waals surface area contributed by atoms with Gasteiger partial charge in [-0.05, 0) is 35.7 Å². The Morgan fingerprint density at radius 1 is 1.33 bits per heavy atom. The second-order valence-corrected chi connectivity index (χ2v) is 8.73. The number of aryl methyl sites for hydroxylation is 2. The second kappa shape index (κ2) is 8.27. The summed E-state index contributed by atoms with van der Waals surface area (Å²) in [5.41, 5.74) is 2.24. The molecule has 0 aromatic carbocycles. The van der Waals surface area contributed by atoms with Gasteiger partial charge in [-0.15, -0.1) is 0 Å². The summed E-state index contributed by atoms with van der Waals surface area (Å²) in [5.74, 6) is 2.36. The van der Waals surface area contributed by atoms with Crippen molar-refractivity contribution in [3.05, 3.63) is 15.9 Å². The van der Waals surface area contributed by atoms with Gasteiger partial charge in [-0.3, -0.25) is 4.68 Å². The normalized spacial score (nSPS) is 24.2. The predicted octanol–water partition coefficient (Wildman–Crippen LogP) is 3.76. The van der Waals surface area contributed by atoms with Crippen LogP contribution in [0.4, 0.5) is 0 Å². The van der Waals surface area contributed by atoms with E-state index >= 15 is 0 Å². The van der Waals surface area contributed by atoms with Crippen molar-refractivity contribution in [2.75, 3.05) is 11.5 Å². The maximum Gasteiger partial charge on any atom is 0.0766 e. The van der Waals surface area contributed by atoms with Crippen LogP contribution in [-0.4, -0.2) is 43.0 Å². The summed E-state index contributed by atoms with van der Waals surface area (Å²) < 4.78 is 3.13. The van der Waals surface area contributed by atoms with Gasteiger partial charge in [0, 0.05) is 35.0 Å². The number of halogens is 1. The molecule has 0 aliphatic carbocycles. The predicted molar refractivity (Wildman–Crippen MR) is 97.5 cm³/mol. The van der Waals surface area contributed by atoms with Crippen LogP contribution in [0.5, 0.6) is 0 Å². The van der Waals surface area contributed by atoms with Crippen LogP contribution in [0.3, 0.4) is 0 Å². The Labute approximate surface area is 144 Å². The van der Waals surface area contributed by atoms with E-state index in [1.54, 1.807) is 0 Å². The molecule has 3 unspecified atom stereocenters. The molecule has 1 aromatic heterocycles. The van der Waals surface area contributed by atoms with E-state index in [0.29, 0.717) is 16.9 Å². The van der Waals surface area contributed by atoms with Crippen LogP contribution in [-0.2, 0) is 19.4 Å².